The highest BCUT2D eigenvalue weighted by Crippen LogP contribution is 2.08. The zero-order valence-electron chi connectivity index (χ0n) is 12.2. The number of hydrogen-bond acceptors (Lipinski definition) is 2. The zero-order chi connectivity index (χ0) is 14.0. The second-order valence-electron chi connectivity index (χ2n) is 4.95. The Hall–Kier alpha value is -1.74. The minimum Gasteiger partial charge on any atom is -0.494 e. The van der Waals surface area contributed by atoms with Crippen LogP contribution in [0.2, 0.25) is 0 Å². The van der Waals surface area contributed by atoms with Gasteiger partial charge in [-0.3, -0.25) is 0 Å². The van der Waals surface area contributed by atoms with E-state index in [0.29, 0.717) is 0 Å². The van der Waals surface area contributed by atoms with Crippen LogP contribution in [0, 0.1) is 0 Å². The number of benzene rings is 1. The van der Waals surface area contributed by atoms with Gasteiger partial charge in [0, 0.05) is 25.5 Å². The van der Waals surface area contributed by atoms with E-state index >= 15 is 0 Å². The van der Waals surface area contributed by atoms with Gasteiger partial charge in [-0.15, -0.1) is 0 Å². The molecule has 20 heavy (non-hydrogen) atoms. The van der Waals surface area contributed by atoms with Crippen LogP contribution in [-0.4, -0.2) is 17.7 Å². The molecule has 3 heteroatoms. The number of nitrogens with one attached hydrogen (secondary N) is 1. The number of rotatable bonds is 9. The van der Waals surface area contributed by atoms with Crippen LogP contribution in [0.5, 0.6) is 5.75 Å². The standard InChI is InChI=1S/C17H24N2O/c1-2-11-19-12-9-16(15-19)14-18-10-6-13-20-17-7-4-3-5-8-17/h3-5,7-9,12,15,18H,2,6,10-11,13-14H2,1H3. The summed E-state index contributed by atoms with van der Waals surface area (Å²) in [5.74, 6) is 0.948. The van der Waals surface area contributed by atoms with E-state index in [0.717, 1.165) is 38.4 Å². The van der Waals surface area contributed by atoms with Gasteiger partial charge in [0.15, 0.2) is 0 Å². The molecule has 0 aliphatic rings. The van der Waals surface area contributed by atoms with Gasteiger partial charge in [0.2, 0.25) is 0 Å². The molecule has 0 saturated heterocycles. The van der Waals surface area contributed by atoms with Gasteiger partial charge in [-0.05, 0) is 43.1 Å². The van der Waals surface area contributed by atoms with E-state index in [1.165, 1.54) is 12.0 Å². The first-order chi connectivity index (χ1) is 9.88. The van der Waals surface area contributed by atoms with E-state index in [2.05, 4.69) is 35.3 Å². The molecule has 108 valence electrons. The monoisotopic (exact) mass is 272 g/mol. The molecular formula is C17H24N2O. The van der Waals surface area contributed by atoms with Crippen molar-refractivity contribution in [3.8, 4) is 5.75 Å². The fraction of sp³-hybridized carbons (Fsp3) is 0.412. The predicted molar refractivity (Wildman–Crippen MR) is 83.0 cm³/mol. The van der Waals surface area contributed by atoms with E-state index < -0.39 is 0 Å². The number of aromatic nitrogens is 1. The molecule has 1 aromatic heterocycles. The maximum absolute atomic E-state index is 5.65. The van der Waals surface area contributed by atoms with Crippen LogP contribution in [0.4, 0.5) is 0 Å². The van der Waals surface area contributed by atoms with Crippen molar-refractivity contribution in [2.75, 3.05) is 13.2 Å². The smallest absolute Gasteiger partial charge is 0.119 e. The maximum Gasteiger partial charge on any atom is 0.119 e. The van der Waals surface area contributed by atoms with Crippen LogP contribution in [0.25, 0.3) is 0 Å². The predicted octanol–water partition coefficient (Wildman–Crippen LogP) is 3.46. The van der Waals surface area contributed by atoms with Gasteiger partial charge < -0.3 is 14.6 Å². The minimum atomic E-state index is 0.758. The summed E-state index contributed by atoms with van der Waals surface area (Å²) in [4.78, 5) is 0. The summed E-state index contributed by atoms with van der Waals surface area (Å²) in [6, 6.07) is 12.2. The Balaban J connectivity index is 1.55. The van der Waals surface area contributed by atoms with E-state index in [9.17, 15) is 0 Å². The van der Waals surface area contributed by atoms with Crippen molar-refractivity contribution < 1.29 is 4.74 Å². The fourth-order valence-electron chi connectivity index (χ4n) is 2.13. The molecule has 0 radical (unpaired) electrons. The Bertz CT molecular complexity index is 479. The summed E-state index contributed by atoms with van der Waals surface area (Å²) < 4.78 is 7.90. The largest absolute Gasteiger partial charge is 0.494 e. The van der Waals surface area contributed by atoms with Crippen molar-refractivity contribution >= 4 is 0 Å². The Kier molecular flexibility index (Phi) is 6.18. The van der Waals surface area contributed by atoms with Crippen molar-refractivity contribution in [2.45, 2.75) is 32.9 Å². The zero-order valence-corrected chi connectivity index (χ0v) is 12.2. The normalized spacial score (nSPS) is 10.7. The van der Waals surface area contributed by atoms with E-state index in [1.54, 1.807) is 0 Å². The van der Waals surface area contributed by atoms with Gasteiger partial charge in [-0.1, -0.05) is 25.1 Å². The second-order valence-corrected chi connectivity index (χ2v) is 4.95. The van der Waals surface area contributed by atoms with Gasteiger partial charge in [0.25, 0.3) is 0 Å². The molecule has 1 aromatic carbocycles. The van der Waals surface area contributed by atoms with Gasteiger partial charge in [-0.2, -0.15) is 0 Å². The molecule has 0 fully saturated rings. The van der Waals surface area contributed by atoms with Crippen LogP contribution in [0.3, 0.4) is 0 Å². The van der Waals surface area contributed by atoms with Crippen molar-refractivity contribution in [2.24, 2.45) is 0 Å². The number of hydrogen-bond donors (Lipinski definition) is 1. The molecule has 0 spiro atoms. The Morgan fingerprint density at radius 3 is 2.80 bits per heavy atom. The van der Waals surface area contributed by atoms with Crippen molar-refractivity contribution in [3.63, 3.8) is 0 Å². The molecular weight excluding hydrogens is 248 g/mol. The first-order valence-electron chi connectivity index (χ1n) is 7.41. The van der Waals surface area contributed by atoms with Crippen LogP contribution in [0.1, 0.15) is 25.3 Å². The summed E-state index contributed by atoms with van der Waals surface area (Å²) in [5.41, 5.74) is 1.35. The number of aryl methyl sites for hydroxylation is 1. The highest BCUT2D eigenvalue weighted by Gasteiger charge is 1.96. The van der Waals surface area contributed by atoms with E-state index in [4.69, 9.17) is 4.74 Å². The lowest BCUT2D eigenvalue weighted by atomic mass is 10.3. The molecule has 3 nitrogen and oxygen atoms in total. The summed E-state index contributed by atoms with van der Waals surface area (Å²) in [6.07, 6.45) is 6.57. The molecule has 1 N–H and O–H groups in total. The molecule has 0 atom stereocenters. The Labute approximate surface area is 121 Å². The molecule has 0 saturated carbocycles. The molecule has 0 aliphatic heterocycles. The Morgan fingerprint density at radius 1 is 1.15 bits per heavy atom. The first kappa shape index (κ1) is 14.7. The van der Waals surface area contributed by atoms with Crippen molar-refractivity contribution in [3.05, 3.63) is 54.4 Å². The quantitative estimate of drug-likeness (QED) is 0.708. The highest BCUT2D eigenvalue weighted by molar-refractivity contribution is 5.20. The van der Waals surface area contributed by atoms with E-state index in [-0.39, 0.29) is 0 Å². The fourth-order valence-corrected chi connectivity index (χ4v) is 2.13. The third-order valence-corrected chi connectivity index (χ3v) is 3.13. The van der Waals surface area contributed by atoms with Crippen LogP contribution in [-0.2, 0) is 13.1 Å². The van der Waals surface area contributed by atoms with Crippen LogP contribution < -0.4 is 10.1 Å². The highest BCUT2D eigenvalue weighted by atomic mass is 16.5. The lowest BCUT2D eigenvalue weighted by Crippen LogP contribution is -2.16. The lowest BCUT2D eigenvalue weighted by Gasteiger charge is -2.06. The average molecular weight is 272 g/mol. The molecule has 2 aromatic rings. The van der Waals surface area contributed by atoms with Gasteiger partial charge >= 0.3 is 0 Å². The summed E-state index contributed by atoms with van der Waals surface area (Å²) in [7, 11) is 0. The summed E-state index contributed by atoms with van der Waals surface area (Å²) in [6.45, 7) is 5.97. The van der Waals surface area contributed by atoms with Crippen molar-refractivity contribution in [1.29, 1.82) is 0 Å². The van der Waals surface area contributed by atoms with Gasteiger partial charge in [0.05, 0.1) is 6.61 Å². The third kappa shape index (κ3) is 5.10. The van der Waals surface area contributed by atoms with Crippen molar-refractivity contribution in [1.82, 2.24) is 9.88 Å². The lowest BCUT2D eigenvalue weighted by molar-refractivity contribution is 0.308. The number of ether oxygens (including phenoxy) is 1. The summed E-state index contributed by atoms with van der Waals surface area (Å²) in [5, 5.41) is 3.45. The molecule has 0 amide bonds. The van der Waals surface area contributed by atoms with Crippen LogP contribution in [0.15, 0.2) is 48.8 Å². The topological polar surface area (TPSA) is 26.2 Å². The third-order valence-electron chi connectivity index (χ3n) is 3.13. The SMILES string of the molecule is CCCn1ccc(CNCCCOc2ccccc2)c1. The minimum absolute atomic E-state index is 0.758. The van der Waals surface area contributed by atoms with Crippen LogP contribution >= 0.6 is 0 Å². The number of nitrogens with zero attached hydrogens (tertiary/aromatic N) is 1. The summed E-state index contributed by atoms with van der Waals surface area (Å²) >= 11 is 0. The molecule has 0 aliphatic carbocycles. The first-order valence-corrected chi connectivity index (χ1v) is 7.41. The molecule has 2 rings (SSSR count). The maximum atomic E-state index is 5.65. The van der Waals surface area contributed by atoms with E-state index in [1.807, 2.05) is 30.3 Å². The molecule has 0 unspecified atom stereocenters. The molecule has 0 bridgehead atoms. The second kappa shape index (κ2) is 8.43. The molecule has 1 heterocycles. The van der Waals surface area contributed by atoms with Gasteiger partial charge in [-0.25, -0.2) is 0 Å². The average Bonchev–Trinajstić information content (AvgIpc) is 2.92. The van der Waals surface area contributed by atoms with Gasteiger partial charge in [0.1, 0.15) is 5.75 Å². The number of para-hydroxylation sites is 1. The Morgan fingerprint density at radius 2 is 2.00 bits per heavy atom.